The van der Waals surface area contributed by atoms with E-state index in [4.69, 9.17) is 4.42 Å². The maximum Gasteiger partial charge on any atom is 0.276 e. The molecule has 0 atom stereocenters. The fraction of sp³-hybridized carbons (Fsp3) is 0.500. The van der Waals surface area contributed by atoms with E-state index in [0.29, 0.717) is 51.6 Å². The molecule has 0 spiro atoms. The number of hydrogen-bond acceptors (Lipinski definition) is 6. The normalized spacial score (nSPS) is 20.0. The molecule has 2 aliphatic heterocycles. The minimum absolute atomic E-state index is 0.00371. The Morgan fingerprint density at radius 1 is 0.767 bits per heavy atom. The third-order valence-electron chi connectivity index (χ3n) is 5.59. The van der Waals surface area contributed by atoms with E-state index in [1.807, 2.05) is 30.3 Å². The standard InChI is InChI=1S/C20H27N3O5S2/c24-29(25,17-18-6-2-1-3-7-18)22-14-12-21(13-15-22)16-19-8-9-20(28-19)30(26,27)23-10-4-5-11-23/h1-3,6-9H,4-5,10-17H2. The quantitative estimate of drug-likeness (QED) is 0.634. The first-order valence-electron chi connectivity index (χ1n) is 10.2. The van der Waals surface area contributed by atoms with Gasteiger partial charge in [0.2, 0.25) is 15.1 Å². The minimum Gasteiger partial charge on any atom is -0.447 e. The van der Waals surface area contributed by atoms with Crippen molar-refractivity contribution in [2.24, 2.45) is 0 Å². The highest BCUT2D eigenvalue weighted by Gasteiger charge is 2.31. The smallest absolute Gasteiger partial charge is 0.276 e. The van der Waals surface area contributed by atoms with Gasteiger partial charge < -0.3 is 4.42 Å². The zero-order chi connectivity index (χ0) is 21.2. The topological polar surface area (TPSA) is 91.1 Å². The number of sulfonamides is 2. The third kappa shape index (κ3) is 4.78. The van der Waals surface area contributed by atoms with Crippen molar-refractivity contribution >= 4 is 20.0 Å². The van der Waals surface area contributed by atoms with Gasteiger partial charge in [0.15, 0.2) is 0 Å². The lowest BCUT2D eigenvalue weighted by Crippen LogP contribution is -2.48. The van der Waals surface area contributed by atoms with Gasteiger partial charge in [-0.05, 0) is 30.5 Å². The Bertz CT molecular complexity index is 1050. The van der Waals surface area contributed by atoms with Crippen molar-refractivity contribution < 1.29 is 21.3 Å². The molecule has 10 heteroatoms. The number of benzene rings is 1. The molecule has 1 aromatic carbocycles. The van der Waals surface area contributed by atoms with Crippen LogP contribution in [-0.2, 0) is 32.3 Å². The number of piperazine rings is 1. The Balaban J connectivity index is 1.32. The average molecular weight is 454 g/mol. The predicted octanol–water partition coefficient (Wildman–Crippen LogP) is 1.71. The first-order chi connectivity index (χ1) is 14.3. The molecule has 0 aliphatic carbocycles. The summed E-state index contributed by atoms with van der Waals surface area (Å²) in [6.07, 6.45) is 1.76. The third-order valence-corrected chi connectivity index (χ3v) is 9.22. The van der Waals surface area contributed by atoms with E-state index in [1.54, 1.807) is 6.07 Å². The average Bonchev–Trinajstić information content (AvgIpc) is 3.42. The van der Waals surface area contributed by atoms with Crippen LogP contribution in [0.5, 0.6) is 0 Å². The van der Waals surface area contributed by atoms with Gasteiger partial charge in [0.1, 0.15) is 5.76 Å². The highest BCUT2D eigenvalue weighted by atomic mass is 32.2. The summed E-state index contributed by atoms with van der Waals surface area (Å²) in [6, 6.07) is 12.4. The van der Waals surface area contributed by atoms with E-state index < -0.39 is 20.0 Å². The van der Waals surface area contributed by atoms with Gasteiger partial charge in [0.05, 0.1) is 12.3 Å². The molecule has 2 fully saturated rings. The van der Waals surface area contributed by atoms with Crippen LogP contribution in [0.1, 0.15) is 24.2 Å². The fourth-order valence-electron chi connectivity index (χ4n) is 3.90. The van der Waals surface area contributed by atoms with Gasteiger partial charge in [0, 0.05) is 39.3 Å². The van der Waals surface area contributed by atoms with Crippen LogP contribution in [0.25, 0.3) is 0 Å². The second-order valence-electron chi connectivity index (χ2n) is 7.75. The second kappa shape index (κ2) is 8.80. The van der Waals surface area contributed by atoms with Crippen LogP contribution in [0.15, 0.2) is 52.0 Å². The van der Waals surface area contributed by atoms with Gasteiger partial charge in [-0.25, -0.2) is 16.8 Å². The molecule has 0 saturated carbocycles. The Hall–Kier alpha value is -1.72. The van der Waals surface area contributed by atoms with Crippen LogP contribution in [0.3, 0.4) is 0 Å². The summed E-state index contributed by atoms with van der Waals surface area (Å²) < 4.78 is 59.2. The van der Waals surface area contributed by atoms with Crippen molar-refractivity contribution in [3.8, 4) is 0 Å². The van der Waals surface area contributed by atoms with Crippen molar-refractivity contribution in [1.29, 1.82) is 0 Å². The van der Waals surface area contributed by atoms with E-state index in [1.165, 1.54) is 14.7 Å². The molecule has 8 nitrogen and oxygen atoms in total. The van der Waals surface area contributed by atoms with Crippen LogP contribution >= 0.6 is 0 Å². The molecule has 30 heavy (non-hydrogen) atoms. The molecule has 0 amide bonds. The summed E-state index contributed by atoms with van der Waals surface area (Å²) in [5, 5.41) is -0.0107. The summed E-state index contributed by atoms with van der Waals surface area (Å²) >= 11 is 0. The maximum absolute atomic E-state index is 12.7. The number of rotatable bonds is 7. The number of furan rings is 1. The lowest BCUT2D eigenvalue weighted by molar-refractivity contribution is 0.167. The van der Waals surface area contributed by atoms with Crippen molar-refractivity contribution in [1.82, 2.24) is 13.5 Å². The van der Waals surface area contributed by atoms with Crippen molar-refractivity contribution in [2.45, 2.75) is 30.2 Å². The zero-order valence-corrected chi connectivity index (χ0v) is 18.4. The van der Waals surface area contributed by atoms with E-state index in [2.05, 4.69) is 4.90 Å². The Kier molecular flexibility index (Phi) is 6.31. The first kappa shape index (κ1) is 21.5. The van der Waals surface area contributed by atoms with Crippen LogP contribution in [0.2, 0.25) is 0 Å². The van der Waals surface area contributed by atoms with Crippen molar-refractivity contribution in [2.75, 3.05) is 39.3 Å². The lowest BCUT2D eigenvalue weighted by atomic mass is 10.2. The highest BCUT2D eigenvalue weighted by Crippen LogP contribution is 2.24. The van der Waals surface area contributed by atoms with Crippen molar-refractivity contribution in [3.63, 3.8) is 0 Å². The molecule has 4 rings (SSSR count). The van der Waals surface area contributed by atoms with E-state index in [9.17, 15) is 16.8 Å². The van der Waals surface area contributed by atoms with E-state index >= 15 is 0 Å². The summed E-state index contributed by atoms with van der Waals surface area (Å²) in [5.74, 6) is 0.581. The highest BCUT2D eigenvalue weighted by molar-refractivity contribution is 7.89. The summed E-state index contributed by atoms with van der Waals surface area (Å²) in [7, 11) is -6.91. The number of nitrogens with zero attached hydrogens (tertiary/aromatic N) is 3. The molecule has 2 saturated heterocycles. The second-order valence-corrected chi connectivity index (χ2v) is 11.6. The zero-order valence-electron chi connectivity index (χ0n) is 16.8. The summed E-state index contributed by atoms with van der Waals surface area (Å²) in [5.41, 5.74) is 0.780. The Labute approximate surface area is 178 Å². The van der Waals surface area contributed by atoms with Gasteiger partial charge in [-0.3, -0.25) is 4.90 Å². The molecule has 0 unspecified atom stereocenters. The molecule has 0 N–H and O–H groups in total. The van der Waals surface area contributed by atoms with Gasteiger partial charge in [-0.15, -0.1) is 0 Å². The molecule has 164 valence electrons. The van der Waals surface area contributed by atoms with Crippen LogP contribution in [-0.4, -0.2) is 69.6 Å². The molecular weight excluding hydrogens is 426 g/mol. The fourth-order valence-corrected chi connectivity index (χ4v) is 6.86. The van der Waals surface area contributed by atoms with Gasteiger partial charge >= 0.3 is 0 Å². The molecule has 0 radical (unpaired) electrons. The van der Waals surface area contributed by atoms with Crippen molar-refractivity contribution in [3.05, 3.63) is 53.8 Å². The molecular formula is C20H27N3O5S2. The Morgan fingerprint density at radius 3 is 2.10 bits per heavy atom. The largest absolute Gasteiger partial charge is 0.447 e. The summed E-state index contributed by atoms with van der Waals surface area (Å²) in [6.45, 7) is 3.51. The molecule has 2 aliphatic rings. The van der Waals surface area contributed by atoms with E-state index in [-0.39, 0.29) is 10.8 Å². The van der Waals surface area contributed by atoms with Gasteiger partial charge in [-0.2, -0.15) is 8.61 Å². The molecule has 3 heterocycles. The lowest BCUT2D eigenvalue weighted by Gasteiger charge is -2.33. The van der Waals surface area contributed by atoms with E-state index in [0.717, 1.165) is 18.4 Å². The number of hydrogen-bond donors (Lipinski definition) is 0. The predicted molar refractivity (Wildman–Crippen MR) is 113 cm³/mol. The van der Waals surface area contributed by atoms with Crippen LogP contribution in [0, 0.1) is 0 Å². The van der Waals surface area contributed by atoms with Gasteiger partial charge in [-0.1, -0.05) is 30.3 Å². The molecule has 1 aromatic heterocycles. The molecule has 2 aromatic rings. The first-order valence-corrected chi connectivity index (χ1v) is 13.2. The van der Waals surface area contributed by atoms with Gasteiger partial charge in [0.25, 0.3) is 10.0 Å². The SMILES string of the molecule is O=S(=O)(Cc1ccccc1)N1CCN(Cc2ccc(S(=O)(=O)N3CCCC3)o2)CC1. The minimum atomic E-state index is -3.56. The Morgan fingerprint density at radius 2 is 1.43 bits per heavy atom. The molecule has 0 bridgehead atoms. The monoisotopic (exact) mass is 453 g/mol. The summed E-state index contributed by atoms with van der Waals surface area (Å²) in [4.78, 5) is 2.08. The maximum atomic E-state index is 12.7. The van der Waals surface area contributed by atoms with Crippen LogP contribution < -0.4 is 0 Å². The van der Waals surface area contributed by atoms with Crippen LogP contribution in [0.4, 0.5) is 0 Å².